The fourth-order valence-corrected chi connectivity index (χ4v) is 3.95. The van der Waals surface area contributed by atoms with Gasteiger partial charge in [-0.25, -0.2) is 0 Å². The molecule has 1 heterocycles. The molecule has 0 saturated heterocycles. The van der Waals surface area contributed by atoms with E-state index in [9.17, 15) is 9.59 Å². The van der Waals surface area contributed by atoms with E-state index < -0.39 is 0 Å². The van der Waals surface area contributed by atoms with Crippen molar-refractivity contribution >= 4 is 23.2 Å². The molecule has 5 heteroatoms. The van der Waals surface area contributed by atoms with Crippen molar-refractivity contribution in [1.82, 2.24) is 9.80 Å². The molecule has 0 bridgehead atoms. The third kappa shape index (κ3) is 6.79. The molecule has 0 saturated carbocycles. The number of nitrogens with zero attached hydrogens (tertiary/aromatic N) is 2. The molecule has 1 atom stereocenters. The molecule has 2 rings (SSSR count). The second-order valence-corrected chi connectivity index (χ2v) is 8.76. The van der Waals surface area contributed by atoms with Gasteiger partial charge in [0.25, 0.3) is 0 Å². The van der Waals surface area contributed by atoms with E-state index in [1.807, 2.05) is 42.2 Å². The lowest BCUT2D eigenvalue weighted by atomic mass is 10.1. The van der Waals surface area contributed by atoms with Crippen LogP contribution in [0.5, 0.6) is 0 Å². The van der Waals surface area contributed by atoms with Gasteiger partial charge in [-0.05, 0) is 30.5 Å². The van der Waals surface area contributed by atoms with Crippen molar-refractivity contribution in [3.8, 4) is 0 Å². The molecule has 0 unspecified atom stereocenters. The first-order chi connectivity index (χ1) is 13.4. The van der Waals surface area contributed by atoms with Gasteiger partial charge in [0.15, 0.2) is 0 Å². The van der Waals surface area contributed by atoms with Crippen LogP contribution in [0.2, 0.25) is 0 Å². The number of rotatable bonds is 10. The molecule has 2 amide bonds. The number of benzene rings is 1. The van der Waals surface area contributed by atoms with E-state index >= 15 is 0 Å². The van der Waals surface area contributed by atoms with Crippen LogP contribution in [0.4, 0.5) is 0 Å². The summed E-state index contributed by atoms with van der Waals surface area (Å²) in [6.07, 6.45) is 1.41. The Hall–Kier alpha value is -2.14. The highest BCUT2D eigenvalue weighted by molar-refractivity contribution is 7.11. The molecular weight excluding hydrogens is 368 g/mol. The second kappa shape index (κ2) is 11.0. The maximum Gasteiger partial charge on any atom is 0.242 e. The van der Waals surface area contributed by atoms with E-state index in [1.54, 1.807) is 16.2 Å². The third-order valence-electron chi connectivity index (χ3n) is 4.92. The monoisotopic (exact) mass is 400 g/mol. The Kier molecular flexibility index (Phi) is 8.71. The molecule has 0 radical (unpaired) electrons. The molecule has 4 nitrogen and oxygen atoms in total. The van der Waals surface area contributed by atoms with Gasteiger partial charge in [-0.1, -0.05) is 57.5 Å². The Morgan fingerprint density at radius 1 is 0.964 bits per heavy atom. The highest BCUT2D eigenvalue weighted by Crippen LogP contribution is 2.19. The van der Waals surface area contributed by atoms with E-state index in [2.05, 4.69) is 32.9 Å². The van der Waals surface area contributed by atoms with Crippen molar-refractivity contribution in [2.75, 3.05) is 13.1 Å². The van der Waals surface area contributed by atoms with Gasteiger partial charge in [0.2, 0.25) is 11.8 Å². The van der Waals surface area contributed by atoms with Crippen LogP contribution in [0, 0.1) is 12.8 Å². The SMILES string of the molecule is CCC(=O)N(CC(=O)N(Cc1ccccc1)Cc1ccc(C)s1)C[C@@H](C)CC. The average Bonchev–Trinajstić information content (AvgIpc) is 3.11. The van der Waals surface area contributed by atoms with Gasteiger partial charge in [0.05, 0.1) is 13.1 Å². The molecule has 0 aliphatic rings. The van der Waals surface area contributed by atoms with Crippen LogP contribution in [0.1, 0.15) is 48.9 Å². The van der Waals surface area contributed by atoms with Crippen LogP contribution < -0.4 is 0 Å². The van der Waals surface area contributed by atoms with Gasteiger partial charge in [0, 0.05) is 29.3 Å². The predicted octanol–water partition coefficient (Wildman–Crippen LogP) is 4.87. The summed E-state index contributed by atoms with van der Waals surface area (Å²) in [5.41, 5.74) is 1.10. The van der Waals surface area contributed by atoms with Crippen LogP contribution in [0.25, 0.3) is 0 Å². The highest BCUT2D eigenvalue weighted by atomic mass is 32.1. The molecule has 0 fully saturated rings. The number of thiophene rings is 1. The van der Waals surface area contributed by atoms with Crippen LogP contribution in [0.3, 0.4) is 0 Å². The Bertz CT molecular complexity index is 757. The average molecular weight is 401 g/mol. The zero-order valence-corrected chi connectivity index (χ0v) is 18.3. The molecular formula is C23H32N2O2S. The Morgan fingerprint density at radius 3 is 2.25 bits per heavy atom. The van der Waals surface area contributed by atoms with E-state index in [0.29, 0.717) is 32.0 Å². The summed E-state index contributed by atoms with van der Waals surface area (Å²) in [7, 11) is 0. The number of hydrogen-bond donors (Lipinski definition) is 0. The van der Waals surface area contributed by atoms with Gasteiger partial charge >= 0.3 is 0 Å². The summed E-state index contributed by atoms with van der Waals surface area (Å²) in [6, 6.07) is 14.2. The van der Waals surface area contributed by atoms with Gasteiger partial charge in [-0.2, -0.15) is 0 Å². The van der Waals surface area contributed by atoms with Gasteiger partial charge in [-0.15, -0.1) is 11.3 Å². The Morgan fingerprint density at radius 2 is 1.68 bits per heavy atom. The minimum Gasteiger partial charge on any atom is -0.333 e. The summed E-state index contributed by atoms with van der Waals surface area (Å²) in [5.74, 6) is 0.422. The standard InChI is InChI=1S/C23H32N2O2S/c1-5-18(3)14-24(22(26)6-2)17-23(27)25(15-20-10-8-7-9-11-20)16-21-13-12-19(4)28-21/h7-13,18H,5-6,14-17H2,1-4H3/t18-/m0/s1. The largest absolute Gasteiger partial charge is 0.333 e. The molecule has 152 valence electrons. The quantitative estimate of drug-likeness (QED) is 0.571. The van der Waals surface area contributed by atoms with Gasteiger partial charge < -0.3 is 9.80 Å². The predicted molar refractivity (Wildman–Crippen MR) is 116 cm³/mol. The normalized spacial score (nSPS) is 11.9. The number of carbonyl (C=O) groups is 2. The molecule has 0 N–H and O–H groups in total. The first-order valence-electron chi connectivity index (χ1n) is 10.1. The summed E-state index contributed by atoms with van der Waals surface area (Å²) < 4.78 is 0. The number of hydrogen-bond acceptors (Lipinski definition) is 3. The summed E-state index contributed by atoms with van der Waals surface area (Å²) in [4.78, 5) is 31.6. The van der Waals surface area contributed by atoms with Crippen molar-refractivity contribution in [2.45, 2.75) is 53.6 Å². The van der Waals surface area contributed by atoms with Crippen molar-refractivity contribution < 1.29 is 9.59 Å². The van der Waals surface area contributed by atoms with Crippen molar-refractivity contribution in [3.63, 3.8) is 0 Å². The Balaban J connectivity index is 2.16. The van der Waals surface area contributed by atoms with Crippen molar-refractivity contribution in [1.29, 1.82) is 0 Å². The maximum atomic E-state index is 13.2. The number of carbonyl (C=O) groups excluding carboxylic acids is 2. The smallest absolute Gasteiger partial charge is 0.242 e. The summed E-state index contributed by atoms with van der Waals surface area (Å²) >= 11 is 1.71. The van der Waals surface area contributed by atoms with Crippen LogP contribution in [0.15, 0.2) is 42.5 Å². The minimum absolute atomic E-state index is 0.00000850. The van der Waals surface area contributed by atoms with E-state index in [1.165, 1.54) is 4.88 Å². The Labute approximate surface area is 173 Å². The molecule has 2 aromatic rings. The van der Waals surface area contributed by atoms with Gasteiger partial charge in [0.1, 0.15) is 0 Å². The lowest BCUT2D eigenvalue weighted by molar-refractivity contribution is -0.141. The zero-order chi connectivity index (χ0) is 20.5. The van der Waals surface area contributed by atoms with Crippen LogP contribution in [-0.2, 0) is 22.7 Å². The first-order valence-corrected chi connectivity index (χ1v) is 10.9. The molecule has 0 spiro atoms. The molecule has 1 aromatic carbocycles. The fraction of sp³-hybridized carbons (Fsp3) is 0.478. The lowest BCUT2D eigenvalue weighted by Gasteiger charge is -2.29. The van der Waals surface area contributed by atoms with E-state index in [0.717, 1.165) is 16.9 Å². The van der Waals surface area contributed by atoms with E-state index in [4.69, 9.17) is 0 Å². The topological polar surface area (TPSA) is 40.6 Å². The molecule has 0 aliphatic carbocycles. The lowest BCUT2D eigenvalue weighted by Crippen LogP contribution is -2.43. The number of amides is 2. The molecule has 1 aromatic heterocycles. The zero-order valence-electron chi connectivity index (χ0n) is 17.5. The molecule has 28 heavy (non-hydrogen) atoms. The van der Waals surface area contributed by atoms with E-state index in [-0.39, 0.29) is 18.4 Å². The van der Waals surface area contributed by atoms with Crippen molar-refractivity contribution in [2.24, 2.45) is 5.92 Å². The fourth-order valence-electron chi connectivity index (χ4n) is 3.04. The first kappa shape index (κ1) is 22.2. The van der Waals surface area contributed by atoms with Gasteiger partial charge in [-0.3, -0.25) is 9.59 Å². The summed E-state index contributed by atoms with van der Waals surface area (Å²) in [5, 5.41) is 0. The highest BCUT2D eigenvalue weighted by Gasteiger charge is 2.22. The third-order valence-corrected chi connectivity index (χ3v) is 5.91. The minimum atomic E-state index is 0.00000850. The summed E-state index contributed by atoms with van der Waals surface area (Å²) in [6.45, 7) is 10.1. The maximum absolute atomic E-state index is 13.2. The number of aryl methyl sites for hydroxylation is 1. The van der Waals surface area contributed by atoms with Crippen molar-refractivity contribution in [3.05, 3.63) is 57.8 Å². The second-order valence-electron chi connectivity index (χ2n) is 7.39. The molecule has 0 aliphatic heterocycles. The van der Waals surface area contributed by atoms with Crippen LogP contribution in [-0.4, -0.2) is 34.7 Å². The van der Waals surface area contributed by atoms with Crippen LogP contribution >= 0.6 is 11.3 Å².